The zero-order chi connectivity index (χ0) is 19.1. The highest BCUT2D eigenvalue weighted by Gasteiger charge is 2.21. The van der Waals surface area contributed by atoms with Crippen molar-refractivity contribution >= 4 is 17.6 Å². The number of para-hydroxylation sites is 1. The molecule has 0 fully saturated rings. The lowest BCUT2D eigenvalue weighted by molar-refractivity contribution is -0.121. The predicted molar refractivity (Wildman–Crippen MR) is 85.6 cm³/mol. The van der Waals surface area contributed by atoms with Gasteiger partial charge >= 0.3 is 5.97 Å². The lowest BCUT2D eigenvalue weighted by atomic mass is 10.2. The summed E-state index contributed by atoms with van der Waals surface area (Å²) in [6.07, 6.45) is -0.0583. The Hall–Kier alpha value is -3.34. The first kappa shape index (κ1) is 19.0. The van der Waals surface area contributed by atoms with Crippen molar-refractivity contribution in [2.45, 2.75) is 6.42 Å². The van der Waals surface area contributed by atoms with Gasteiger partial charge in [-0.25, -0.2) is 18.0 Å². The highest BCUT2D eigenvalue weighted by molar-refractivity contribution is 5.97. The van der Waals surface area contributed by atoms with Gasteiger partial charge in [0.2, 0.25) is 0 Å². The van der Waals surface area contributed by atoms with Gasteiger partial charge in [0, 0.05) is 6.54 Å². The number of nitriles is 1. The van der Waals surface area contributed by atoms with E-state index < -0.39 is 35.9 Å². The summed E-state index contributed by atoms with van der Waals surface area (Å²) in [5.74, 6) is -4.83. The summed E-state index contributed by atoms with van der Waals surface area (Å²) < 4.78 is 44.7. The van der Waals surface area contributed by atoms with Crippen molar-refractivity contribution in [2.75, 3.05) is 18.1 Å². The Balaban J connectivity index is 2.09. The molecule has 26 heavy (non-hydrogen) atoms. The Labute approximate surface area is 147 Å². The van der Waals surface area contributed by atoms with Crippen LogP contribution in [0.5, 0.6) is 0 Å². The van der Waals surface area contributed by atoms with Gasteiger partial charge in [-0.1, -0.05) is 12.1 Å². The summed E-state index contributed by atoms with van der Waals surface area (Å²) >= 11 is 0. The van der Waals surface area contributed by atoms with Crippen LogP contribution >= 0.6 is 0 Å². The third-order valence-electron chi connectivity index (χ3n) is 3.37. The second-order valence-electron chi connectivity index (χ2n) is 5.11. The van der Waals surface area contributed by atoms with E-state index in [1.165, 1.54) is 18.2 Å². The number of rotatable bonds is 6. The minimum absolute atomic E-state index is 0.0583. The van der Waals surface area contributed by atoms with Crippen LogP contribution in [0.15, 0.2) is 42.5 Å². The van der Waals surface area contributed by atoms with Crippen molar-refractivity contribution < 1.29 is 27.5 Å². The average molecular weight is 362 g/mol. The second-order valence-corrected chi connectivity index (χ2v) is 5.11. The van der Waals surface area contributed by atoms with Gasteiger partial charge in [0.1, 0.15) is 5.82 Å². The molecule has 0 aromatic heterocycles. The zero-order valence-corrected chi connectivity index (χ0v) is 13.4. The van der Waals surface area contributed by atoms with Crippen LogP contribution in [0.1, 0.15) is 16.8 Å². The maximum Gasteiger partial charge on any atom is 0.338 e. The molecule has 0 bridgehead atoms. The number of nitrogens with zero attached hydrogens (tertiary/aromatic N) is 2. The van der Waals surface area contributed by atoms with Gasteiger partial charge in [0.15, 0.2) is 18.2 Å². The SMILES string of the molecule is N#CCCN(C(=O)COC(=O)c1ccc(F)c(F)c1)c1ccccc1F. The fourth-order valence-corrected chi connectivity index (χ4v) is 2.12. The smallest absolute Gasteiger partial charge is 0.338 e. The van der Waals surface area contributed by atoms with Gasteiger partial charge < -0.3 is 9.64 Å². The number of amides is 1. The molecule has 2 aromatic rings. The van der Waals surface area contributed by atoms with E-state index in [-0.39, 0.29) is 24.2 Å². The molecule has 2 rings (SSSR count). The first-order valence-corrected chi connectivity index (χ1v) is 7.48. The van der Waals surface area contributed by atoms with Crippen molar-refractivity contribution in [3.8, 4) is 6.07 Å². The van der Waals surface area contributed by atoms with Crippen LogP contribution in [0.2, 0.25) is 0 Å². The highest BCUT2D eigenvalue weighted by Crippen LogP contribution is 2.19. The largest absolute Gasteiger partial charge is 0.452 e. The predicted octanol–water partition coefficient (Wildman–Crippen LogP) is 3.21. The molecule has 0 aliphatic heterocycles. The number of anilines is 1. The van der Waals surface area contributed by atoms with Crippen molar-refractivity contribution in [3.63, 3.8) is 0 Å². The molecule has 0 aliphatic carbocycles. The maximum atomic E-state index is 13.9. The van der Waals surface area contributed by atoms with Gasteiger partial charge in [-0.2, -0.15) is 5.26 Å². The number of carbonyl (C=O) groups excluding carboxylic acids is 2. The Bertz CT molecular complexity index is 865. The van der Waals surface area contributed by atoms with Gasteiger partial charge in [0.05, 0.1) is 23.7 Å². The Kier molecular flexibility index (Phi) is 6.33. The van der Waals surface area contributed by atoms with Crippen molar-refractivity contribution in [1.29, 1.82) is 5.26 Å². The third kappa shape index (κ3) is 4.60. The van der Waals surface area contributed by atoms with Crippen molar-refractivity contribution in [1.82, 2.24) is 0 Å². The van der Waals surface area contributed by atoms with Crippen LogP contribution in [-0.4, -0.2) is 25.0 Å². The molecular weight excluding hydrogens is 349 g/mol. The molecule has 2 aromatic carbocycles. The molecular formula is C18H13F3N2O3. The van der Waals surface area contributed by atoms with Crippen molar-refractivity contribution in [2.24, 2.45) is 0 Å². The minimum Gasteiger partial charge on any atom is -0.452 e. The lowest BCUT2D eigenvalue weighted by Crippen LogP contribution is -2.36. The summed E-state index contributed by atoms with van der Waals surface area (Å²) in [4.78, 5) is 25.1. The first-order valence-electron chi connectivity index (χ1n) is 7.48. The van der Waals surface area contributed by atoms with Crippen LogP contribution in [-0.2, 0) is 9.53 Å². The molecule has 134 valence electrons. The van der Waals surface area contributed by atoms with E-state index in [9.17, 15) is 22.8 Å². The molecule has 0 spiro atoms. The lowest BCUT2D eigenvalue weighted by Gasteiger charge is -2.22. The van der Waals surface area contributed by atoms with E-state index in [2.05, 4.69) is 0 Å². The summed E-state index contributed by atoms with van der Waals surface area (Å²) in [6.45, 7) is -0.851. The third-order valence-corrected chi connectivity index (χ3v) is 3.37. The normalized spacial score (nSPS) is 10.1. The van der Waals surface area contributed by atoms with Gasteiger partial charge in [-0.3, -0.25) is 4.79 Å². The highest BCUT2D eigenvalue weighted by atomic mass is 19.2. The molecule has 8 heteroatoms. The number of esters is 1. The zero-order valence-electron chi connectivity index (χ0n) is 13.4. The summed E-state index contributed by atoms with van der Waals surface area (Å²) in [5.41, 5.74) is -0.331. The number of halogens is 3. The number of ether oxygens (including phenoxy) is 1. The summed E-state index contributed by atoms with van der Waals surface area (Å²) in [7, 11) is 0. The molecule has 0 heterocycles. The summed E-state index contributed by atoms with van der Waals surface area (Å²) in [5, 5.41) is 8.70. The molecule has 1 amide bonds. The Morgan fingerprint density at radius 1 is 1.04 bits per heavy atom. The van der Waals surface area contributed by atoms with E-state index in [1.807, 2.05) is 6.07 Å². The molecule has 0 aliphatic rings. The number of carbonyl (C=O) groups is 2. The molecule has 0 saturated heterocycles. The van der Waals surface area contributed by atoms with Crippen LogP contribution < -0.4 is 4.90 Å². The van der Waals surface area contributed by atoms with E-state index in [0.717, 1.165) is 23.1 Å². The van der Waals surface area contributed by atoms with Crippen LogP contribution in [0.3, 0.4) is 0 Å². The molecule has 0 unspecified atom stereocenters. The molecule has 0 saturated carbocycles. The standard InChI is InChI=1S/C18H13F3N2O3/c19-13-7-6-12(10-15(13)21)18(25)26-11-17(24)23(9-3-8-22)16-5-2-1-4-14(16)20/h1-2,4-7,10H,3,9,11H2. The molecule has 0 N–H and O–H groups in total. The fraction of sp³-hybridized carbons (Fsp3) is 0.167. The number of benzene rings is 2. The minimum atomic E-state index is -1.23. The summed E-state index contributed by atoms with van der Waals surface area (Å²) in [6, 6.07) is 9.70. The molecule has 0 atom stereocenters. The number of hydrogen-bond donors (Lipinski definition) is 0. The average Bonchev–Trinajstić information content (AvgIpc) is 2.63. The maximum absolute atomic E-state index is 13.9. The van der Waals surface area contributed by atoms with Crippen LogP contribution in [0.25, 0.3) is 0 Å². The molecule has 5 nitrogen and oxygen atoms in total. The topological polar surface area (TPSA) is 70.4 Å². The Morgan fingerprint density at radius 3 is 2.42 bits per heavy atom. The van der Waals surface area contributed by atoms with Crippen LogP contribution in [0, 0.1) is 28.8 Å². The monoisotopic (exact) mass is 362 g/mol. The van der Waals surface area contributed by atoms with Gasteiger partial charge in [-0.05, 0) is 30.3 Å². The molecule has 0 radical (unpaired) electrons. The van der Waals surface area contributed by atoms with E-state index in [0.29, 0.717) is 6.07 Å². The van der Waals surface area contributed by atoms with Gasteiger partial charge in [0.25, 0.3) is 5.91 Å². The van der Waals surface area contributed by atoms with E-state index >= 15 is 0 Å². The van der Waals surface area contributed by atoms with E-state index in [1.54, 1.807) is 0 Å². The first-order chi connectivity index (χ1) is 12.4. The van der Waals surface area contributed by atoms with Crippen molar-refractivity contribution in [3.05, 3.63) is 65.5 Å². The van der Waals surface area contributed by atoms with E-state index in [4.69, 9.17) is 10.00 Å². The Morgan fingerprint density at radius 2 is 1.77 bits per heavy atom. The second kappa shape index (κ2) is 8.67. The number of hydrogen-bond acceptors (Lipinski definition) is 4. The van der Waals surface area contributed by atoms with Crippen LogP contribution in [0.4, 0.5) is 18.9 Å². The quantitative estimate of drug-likeness (QED) is 0.740. The fourth-order valence-electron chi connectivity index (χ4n) is 2.12. The van der Waals surface area contributed by atoms with Gasteiger partial charge in [-0.15, -0.1) is 0 Å².